The van der Waals surface area contributed by atoms with Crippen LogP contribution in [0.4, 0.5) is 11.5 Å². The normalized spacial score (nSPS) is 16.4. The lowest BCUT2D eigenvalue weighted by Gasteiger charge is -2.12. The summed E-state index contributed by atoms with van der Waals surface area (Å²) in [6.07, 6.45) is 0.769. The molecule has 0 radical (unpaired) electrons. The molecule has 1 atom stereocenters. The Morgan fingerprint density at radius 2 is 2.29 bits per heavy atom. The SMILES string of the molecule is Cc1nn(C)c(NCC2Cc3ccccc3O2)c1[N+](=O)[O-]. The number of ether oxygens (including phenoxy) is 1. The smallest absolute Gasteiger partial charge is 0.333 e. The molecule has 1 aromatic carbocycles. The first kappa shape index (κ1) is 13.4. The lowest BCUT2D eigenvalue weighted by atomic mass is 10.1. The van der Waals surface area contributed by atoms with Crippen LogP contribution >= 0.6 is 0 Å². The number of benzene rings is 1. The van der Waals surface area contributed by atoms with Crippen LogP contribution in [0.5, 0.6) is 5.75 Å². The van der Waals surface area contributed by atoms with Crippen LogP contribution in [0.2, 0.25) is 0 Å². The topological polar surface area (TPSA) is 82.2 Å². The average molecular weight is 288 g/mol. The van der Waals surface area contributed by atoms with Crippen molar-refractivity contribution in [3.05, 3.63) is 45.6 Å². The molecule has 3 rings (SSSR count). The van der Waals surface area contributed by atoms with E-state index in [0.29, 0.717) is 18.1 Å². The molecular formula is C14H16N4O3. The minimum absolute atomic E-state index is 0.0213. The Hall–Kier alpha value is -2.57. The Labute approximate surface area is 121 Å². The largest absolute Gasteiger partial charge is 0.488 e. The molecule has 1 unspecified atom stereocenters. The number of aromatic nitrogens is 2. The Morgan fingerprint density at radius 3 is 3.00 bits per heavy atom. The molecular weight excluding hydrogens is 272 g/mol. The molecule has 7 heteroatoms. The molecule has 0 spiro atoms. The summed E-state index contributed by atoms with van der Waals surface area (Å²) in [6.45, 7) is 2.12. The van der Waals surface area contributed by atoms with E-state index in [-0.39, 0.29) is 11.8 Å². The predicted octanol–water partition coefficient (Wildman–Crippen LogP) is 2.05. The van der Waals surface area contributed by atoms with Crippen LogP contribution in [0, 0.1) is 17.0 Å². The summed E-state index contributed by atoms with van der Waals surface area (Å²) in [5.74, 6) is 1.30. The van der Waals surface area contributed by atoms with Gasteiger partial charge in [-0.25, -0.2) is 4.68 Å². The third-order valence-electron chi connectivity index (χ3n) is 3.58. The summed E-state index contributed by atoms with van der Waals surface area (Å²) in [6, 6.07) is 7.88. The first-order valence-corrected chi connectivity index (χ1v) is 6.72. The van der Waals surface area contributed by atoms with Crippen molar-refractivity contribution in [1.82, 2.24) is 9.78 Å². The number of hydrogen-bond donors (Lipinski definition) is 1. The van der Waals surface area contributed by atoms with Crippen molar-refractivity contribution in [2.24, 2.45) is 7.05 Å². The molecule has 0 aliphatic carbocycles. The van der Waals surface area contributed by atoms with Crippen LogP contribution in [0.3, 0.4) is 0 Å². The molecule has 1 aromatic heterocycles. The maximum atomic E-state index is 11.1. The summed E-state index contributed by atoms with van der Waals surface area (Å²) in [4.78, 5) is 10.7. The molecule has 1 N–H and O–H groups in total. The quantitative estimate of drug-likeness (QED) is 0.687. The van der Waals surface area contributed by atoms with Gasteiger partial charge in [-0.2, -0.15) is 5.10 Å². The number of nitro groups is 1. The van der Waals surface area contributed by atoms with Crippen molar-refractivity contribution in [3.63, 3.8) is 0 Å². The molecule has 110 valence electrons. The maximum absolute atomic E-state index is 11.1. The Morgan fingerprint density at radius 1 is 1.52 bits per heavy atom. The number of nitrogens with zero attached hydrogens (tertiary/aromatic N) is 3. The molecule has 0 saturated carbocycles. The molecule has 0 fully saturated rings. The van der Waals surface area contributed by atoms with E-state index in [0.717, 1.165) is 12.2 Å². The lowest BCUT2D eigenvalue weighted by molar-refractivity contribution is -0.384. The van der Waals surface area contributed by atoms with E-state index >= 15 is 0 Å². The number of nitrogens with one attached hydrogen (secondary N) is 1. The van der Waals surface area contributed by atoms with Crippen molar-refractivity contribution >= 4 is 11.5 Å². The van der Waals surface area contributed by atoms with Gasteiger partial charge in [0, 0.05) is 13.5 Å². The molecule has 1 aliphatic rings. The van der Waals surface area contributed by atoms with Gasteiger partial charge in [-0.3, -0.25) is 10.1 Å². The number of hydrogen-bond acceptors (Lipinski definition) is 5. The molecule has 1 aliphatic heterocycles. The van der Waals surface area contributed by atoms with Crippen molar-refractivity contribution in [2.75, 3.05) is 11.9 Å². The predicted molar refractivity (Wildman–Crippen MR) is 77.7 cm³/mol. The van der Waals surface area contributed by atoms with Gasteiger partial charge in [0.2, 0.25) is 5.82 Å². The van der Waals surface area contributed by atoms with Crippen LogP contribution in [0.15, 0.2) is 24.3 Å². The van der Waals surface area contributed by atoms with Gasteiger partial charge < -0.3 is 10.1 Å². The van der Waals surface area contributed by atoms with E-state index in [1.54, 1.807) is 14.0 Å². The van der Waals surface area contributed by atoms with Crippen LogP contribution in [0.1, 0.15) is 11.3 Å². The van der Waals surface area contributed by atoms with E-state index < -0.39 is 4.92 Å². The van der Waals surface area contributed by atoms with Crippen molar-refractivity contribution in [1.29, 1.82) is 0 Å². The first-order chi connectivity index (χ1) is 10.1. The standard InChI is InChI=1S/C14H16N4O3/c1-9-13(18(19)20)14(17(2)16-9)15-8-11-7-10-5-3-4-6-12(10)21-11/h3-6,11,15H,7-8H2,1-2H3. The molecule has 7 nitrogen and oxygen atoms in total. The first-order valence-electron chi connectivity index (χ1n) is 6.72. The van der Waals surface area contributed by atoms with E-state index in [4.69, 9.17) is 4.74 Å². The summed E-state index contributed by atoms with van der Waals surface area (Å²) in [5.41, 5.74) is 1.59. The summed E-state index contributed by atoms with van der Waals surface area (Å²) >= 11 is 0. The summed E-state index contributed by atoms with van der Waals surface area (Å²) in [5, 5.41) is 18.3. The number of anilines is 1. The number of rotatable bonds is 4. The van der Waals surface area contributed by atoms with Crippen LogP contribution in [0.25, 0.3) is 0 Å². The van der Waals surface area contributed by atoms with Gasteiger partial charge in [0.15, 0.2) is 0 Å². The van der Waals surface area contributed by atoms with Crippen LogP contribution in [-0.2, 0) is 13.5 Å². The third-order valence-corrected chi connectivity index (χ3v) is 3.58. The third kappa shape index (κ3) is 2.42. The van der Waals surface area contributed by atoms with Gasteiger partial charge in [0.05, 0.1) is 11.5 Å². The highest BCUT2D eigenvalue weighted by Crippen LogP contribution is 2.30. The number of aryl methyl sites for hydroxylation is 2. The second kappa shape index (κ2) is 5.08. The highest BCUT2D eigenvalue weighted by atomic mass is 16.6. The molecule has 0 saturated heterocycles. The summed E-state index contributed by atoms with van der Waals surface area (Å²) in [7, 11) is 1.69. The van der Waals surface area contributed by atoms with E-state index in [9.17, 15) is 10.1 Å². The Kier molecular flexibility index (Phi) is 3.25. The fraction of sp³-hybridized carbons (Fsp3) is 0.357. The molecule has 0 bridgehead atoms. The molecule has 0 amide bonds. The van der Waals surface area contributed by atoms with E-state index in [2.05, 4.69) is 10.4 Å². The van der Waals surface area contributed by atoms with Crippen molar-refractivity contribution in [2.45, 2.75) is 19.4 Å². The fourth-order valence-corrected chi connectivity index (χ4v) is 2.64. The maximum Gasteiger partial charge on any atom is 0.333 e. The lowest BCUT2D eigenvalue weighted by Crippen LogP contribution is -2.25. The summed E-state index contributed by atoms with van der Waals surface area (Å²) < 4.78 is 7.31. The second-order valence-electron chi connectivity index (χ2n) is 5.10. The number of para-hydroxylation sites is 1. The van der Waals surface area contributed by atoms with Crippen molar-refractivity contribution < 1.29 is 9.66 Å². The second-order valence-corrected chi connectivity index (χ2v) is 5.10. The average Bonchev–Trinajstić information content (AvgIpc) is 2.96. The highest BCUT2D eigenvalue weighted by molar-refractivity contribution is 5.59. The zero-order valence-electron chi connectivity index (χ0n) is 11.9. The van der Waals surface area contributed by atoms with E-state index in [1.165, 1.54) is 10.2 Å². The minimum atomic E-state index is -0.408. The van der Waals surface area contributed by atoms with Gasteiger partial charge in [-0.1, -0.05) is 18.2 Å². The zero-order valence-corrected chi connectivity index (χ0v) is 11.9. The van der Waals surface area contributed by atoms with E-state index in [1.807, 2.05) is 24.3 Å². The molecule has 2 aromatic rings. The Bertz CT molecular complexity index is 671. The fourth-order valence-electron chi connectivity index (χ4n) is 2.64. The van der Waals surface area contributed by atoms with Gasteiger partial charge in [0.25, 0.3) is 0 Å². The zero-order chi connectivity index (χ0) is 15.0. The number of fused-ring (bicyclic) bond motifs is 1. The Balaban J connectivity index is 1.71. The minimum Gasteiger partial charge on any atom is -0.488 e. The van der Waals surface area contributed by atoms with Crippen LogP contribution < -0.4 is 10.1 Å². The van der Waals surface area contributed by atoms with Gasteiger partial charge in [-0.05, 0) is 18.6 Å². The van der Waals surface area contributed by atoms with Gasteiger partial charge >= 0.3 is 5.69 Å². The molecule has 21 heavy (non-hydrogen) atoms. The van der Waals surface area contributed by atoms with Gasteiger partial charge in [0.1, 0.15) is 17.5 Å². The van der Waals surface area contributed by atoms with Crippen molar-refractivity contribution in [3.8, 4) is 5.75 Å². The van der Waals surface area contributed by atoms with Gasteiger partial charge in [-0.15, -0.1) is 0 Å². The molecule has 2 heterocycles. The highest BCUT2D eigenvalue weighted by Gasteiger charge is 2.27. The monoisotopic (exact) mass is 288 g/mol. The van der Waals surface area contributed by atoms with Crippen LogP contribution in [-0.4, -0.2) is 27.4 Å².